The van der Waals surface area contributed by atoms with Crippen molar-refractivity contribution in [2.75, 3.05) is 12.3 Å². The van der Waals surface area contributed by atoms with Gasteiger partial charge in [0.1, 0.15) is 5.82 Å². The Balaban J connectivity index is 1.42. The maximum Gasteiger partial charge on any atom is 0.417 e. The molecule has 0 radical (unpaired) electrons. The Labute approximate surface area is 151 Å². The Morgan fingerprint density at radius 3 is 2.69 bits per heavy atom. The van der Waals surface area contributed by atoms with Gasteiger partial charge in [0.15, 0.2) is 0 Å². The van der Waals surface area contributed by atoms with Gasteiger partial charge in [-0.25, -0.2) is 9.97 Å². The third-order valence-electron chi connectivity index (χ3n) is 3.54. The molecule has 9 heteroatoms. The Morgan fingerprint density at radius 2 is 2.00 bits per heavy atom. The van der Waals surface area contributed by atoms with Crippen LogP contribution in [0.5, 0.6) is 0 Å². The number of nitrogens with zero attached hydrogens (tertiary/aromatic N) is 2. The van der Waals surface area contributed by atoms with Gasteiger partial charge in [-0.05, 0) is 24.3 Å². The molecule has 0 saturated heterocycles. The maximum atomic E-state index is 12.5. The number of aromatic nitrogens is 3. The van der Waals surface area contributed by atoms with Crippen molar-refractivity contribution in [3.05, 3.63) is 54.0 Å². The number of pyridine rings is 1. The Bertz CT molecular complexity index is 860. The zero-order valence-corrected chi connectivity index (χ0v) is 14.3. The van der Waals surface area contributed by atoms with Crippen molar-refractivity contribution in [1.29, 1.82) is 0 Å². The molecule has 0 atom stereocenters. The molecule has 1 amide bonds. The number of fused-ring (bicyclic) bond motifs is 1. The highest BCUT2D eigenvalue weighted by Crippen LogP contribution is 2.29. The SMILES string of the molecule is O=C(CSc1ccc(C(F)(F)F)cn1)NCCc1nc2ccccc2[nH]1. The highest BCUT2D eigenvalue weighted by atomic mass is 32.2. The fraction of sp³-hybridized carbons (Fsp3) is 0.235. The van der Waals surface area contributed by atoms with Crippen molar-refractivity contribution in [2.45, 2.75) is 17.6 Å². The van der Waals surface area contributed by atoms with Gasteiger partial charge in [0.2, 0.25) is 5.91 Å². The van der Waals surface area contributed by atoms with Gasteiger partial charge in [-0.3, -0.25) is 4.79 Å². The van der Waals surface area contributed by atoms with Gasteiger partial charge in [-0.15, -0.1) is 0 Å². The van der Waals surface area contributed by atoms with E-state index in [4.69, 9.17) is 0 Å². The van der Waals surface area contributed by atoms with E-state index in [1.165, 1.54) is 6.07 Å². The minimum atomic E-state index is -4.41. The molecule has 0 spiro atoms. The second-order valence-corrected chi connectivity index (χ2v) is 6.47. The predicted octanol–water partition coefficient (Wildman–Crippen LogP) is 3.43. The number of nitrogens with one attached hydrogen (secondary N) is 2. The molecule has 0 unspecified atom stereocenters. The Morgan fingerprint density at radius 1 is 1.19 bits per heavy atom. The Hall–Kier alpha value is -2.55. The number of para-hydroxylation sites is 2. The average Bonchev–Trinajstić information content (AvgIpc) is 3.02. The number of carbonyl (C=O) groups is 1. The zero-order valence-electron chi connectivity index (χ0n) is 13.5. The molecule has 136 valence electrons. The second-order valence-electron chi connectivity index (χ2n) is 5.47. The van der Waals surface area contributed by atoms with Crippen molar-refractivity contribution in [3.8, 4) is 0 Å². The first-order valence-electron chi connectivity index (χ1n) is 7.78. The lowest BCUT2D eigenvalue weighted by Crippen LogP contribution is -2.27. The molecular weight excluding hydrogens is 365 g/mol. The van der Waals surface area contributed by atoms with Crippen molar-refractivity contribution in [3.63, 3.8) is 0 Å². The summed E-state index contributed by atoms with van der Waals surface area (Å²) in [7, 11) is 0. The first-order chi connectivity index (χ1) is 12.4. The van der Waals surface area contributed by atoms with E-state index in [0.29, 0.717) is 18.0 Å². The third-order valence-corrected chi connectivity index (χ3v) is 4.48. The van der Waals surface area contributed by atoms with Crippen LogP contribution in [0, 0.1) is 0 Å². The highest BCUT2D eigenvalue weighted by Gasteiger charge is 2.30. The lowest BCUT2D eigenvalue weighted by molar-refractivity contribution is -0.137. The average molecular weight is 380 g/mol. The topological polar surface area (TPSA) is 70.7 Å². The van der Waals surface area contributed by atoms with Gasteiger partial charge in [-0.2, -0.15) is 13.2 Å². The summed E-state index contributed by atoms with van der Waals surface area (Å²) in [4.78, 5) is 23.1. The van der Waals surface area contributed by atoms with Crippen molar-refractivity contribution in [2.24, 2.45) is 0 Å². The van der Waals surface area contributed by atoms with Crippen LogP contribution in [0.25, 0.3) is 11.0 Å². The molecule has 26 heavy (non-hydrogen) atoms. The predicted molar refractivity (Wildman–Crippen MR) is 92.8 cm³/mol. The zero-order chi connectivity index (χ0) is 18.6. The minimum Gasteiger partial charge on any atom is -0.355 e. The number of thioether (sulfide) groups is 1. The van der Waals surface area contributed by atoms with Gasteiger partial charge in [0.05, 0.1) is 27.4 Å². The number of halogens is 3. The number of hydrogen-bond donors (Lipinski definition) is 2. The maximum absolute atomic E-state index is 12.5. The van der Waals surface area contributed by atoms with Crippen LogP contribution in [0.4, 0.5) is 13.2 Å². The number of amides is 1. The second kappa shape index (κ2) is 7.77. The van der Waals surface area contributed by atoms with Gasteiger partial charge < -0.3 is 10.3 Å². The van der Waals surface area contributed by atoms with E-state index in [9.17, 15) is 18.0 Å². The fourth-order valence-corrected chi connectivity index (χ4v) is 2.94. The monoisotopic (exact) mass is 380 g/mol. The number of hydrogen-bond acceptors (Lipinski definition) is 4. The first-order valence-corrected chi connectivity index (χ1v) is 8.77. The molecule has 3 rings (SSSR count). The summed E-state index contributed by atoms with van der Waals surface area (Å²) in [5, 5.41) is 3.12. The molecule has 5 nitrogen and oxygen atoms in total. The summed E-state index contributed by atoms with van der Waals surface area (Å²) in [5.74, 6) is 0.648. The molecule has 0 aliphatic carbocycles. The van der Waals surface area contributed by atoms with E-state index >= 15 is 0 Å². The molecule has 0 aliphatic heterocycles. The lowest BCUT2D eigenvalue weighted by atomic mass is 10.3. The number of imidazole rings is 1. The minimum absolute atomic E-state index is 0.0818. The van der Waals surface area contributed by atoms with Crippen LogP contribution in [0.1, 0.15) is 11.4 Å². The molecule has 3 aromatic rings. The van der Waals surface area contributed by atoms with E-state index in [-0.39, 0.29) is 11.7 Å². The first kappa shape index (κ1) is 18.2. The van der Waals surface area contributed by atoms with E-state index in [1.807, 2.05) is 24.3 Å². The van der Waals surface area contributed by atoms with E-state index < -0.39 is 11.7 Å². The molecule has 1 aromatic carbocycles. The van der Waals surface area contributed by atoms with E-state index in [2.05, 4.69) is 20.3 Å². The fourth-order valence-electron chi connectivity index (χ4n) is 2.27. The van der Waals surface area contributed by atoms with Gasteiger partial charge >= 0.3 is 6.18 Å². The molecule has 0 saturated carbocycles. The number of rotatable bonds is 6. The van der Waals surface area contributed by atoms with Crippen LogP contribution in [0.3, 0.4) is 0 Å². The molecular formula is C17H15F3N4OS. The summed E-state index contributed by atoms with van der Waals surface area (Å²) in [6.45, 7) is 0.416. The van der Waals surface area contributed by atoms with Crippen molar-refractivity contribution >= 4 is 28.7 Å². The summed E-state index contributed by atoms with van der Waals surface area (Å²) >= 11 is 1.08. The molecule has 2 N–H and O–H groups in total. The van der Waals surface area contributed by atoms with Crippen molar-refractivity contribution < 1.29 is 18.0 Å². The van der Waals surface area contributed by atoms with Crippen LogP contribution in [0.15, 0.2) is 47.6 Å². The van der Waals surface area contributed by atoms with E-state index in [0.717, 1.165) is 40.9 Å². The quantitative estimate of drug-likeness (QED) is 0.643. The smallest absolute Gasteiger partial charge is 0.355 e. The third kappa shape index (κ3) is 4.75. The number of alkyl halides is 3. The van der Waals surface area contributed by atoms with E-state index in [1.54, 1.807) is 0 Å². The van der Waals surface area contributed by atoms with Crippen LogP contribution >= 0.6 is 11.8 Å². The molecule has 0 bridgehead atoms. The number of aromatic amines is 1. The van der Waals surface area contributed by atoms with Gasteiger partial charge in [0, 0.05) is 19.2 Å². The van der Waals surface area contributed by atoms with Crippen molar-refractivity contribution in [1.82, 2.24) is 20.3 Å². The van der Waals surface area contributed by atoms with Gasteiger partial charge in [-0.1, -0.05) is 23.9 Å². The van der Waals surface area contributed by atoms with Crippen LogP contribution < -0.4 is 5.32 Å². The number of carbonyl (C=O) groups excluding carboxylic acids is 1. The number of H-pyrrole nitrogens is 1. The van der Waals surface area contributed by atoms with Crippen LogP contribution in [-0.2, 0) is 17.4 Å². The van der Waals surface area contributed by atoms with Crippen LogP contribution in [0.2, 0.25) is 0 Å². The summed E-state index contributed by atoms with van der Waals surface area (Å²) in [5.41, 5.74) is 1.01. The normalized spacial score (nSPS) is 11.7. The molecule has 2 aromatic heterocycles. The molecule has 0 fully saturated rings. The van der Waals surface area contributed by atoms with Gasteiger partial charge in [0.25, 0.3) is 0 Å². The summed E-state index contributed by atoms with van der Waals surface area (Å²) in [6.07, 6.45) is -3.09. The Kier molecular flexibility index (Phi) is 5.46. The summed E-state index contributed by atoms with van der Waals surface area (Å²) < 4.78 is 37.4. The lowest BCUT2D eigenvalue weighted by Gasteiger charge is -2.07. The molecule has 0 aliphatic rings. The van der Waals surface area contributed by atoms with Crippen LogP contribution in [-0.4, -0.2) is 33.2 Å². The summed E-state index contributed by atoms with van der Waals surface area (Å²) in [6, 6.07) is 9.86. The standard InChI is InChI=1S/C17H15F3N4OS/c18-17(19,20)11-5-6-16(22-9-11)26-10-15(25)21-8-7-14-23-12-3-1-2-4-13(12)24-14/h1-6,9H,7-8,10H2,(H,21,25)(H,23,24). The molecule has 2 heterocycles. The highest BCUT2D eigenvalue weighted by molar-refractivity contribution is 7.99. The number of benzene rings is 1. The largest absolute Gasteiger partial charge is 0.417 e.